The molecular weight excluding hydrogens is 364 g/mol. The topological polar surface area (TPSA) is 90.0 Å². The highest BCUT2D eigenvalue weighted by Crippen LogP contribution is 2.37. The Hall–Kier alpha value is -2.86. The summed E-state index contributed by atoms with van der Waals surface area (Å²) in [6.45, 7) is 0. The minimum absolute atomic E-state index is 0. The van der Waals surface area contributed by atoms with Crippen LogP contribution in [0, 0.1) is 5.92 Å². The largest absolute Gasteiger partial charge is 0.369 e. The first-order chi connectivity index (χ1) is 12.6. The number of carbonyl (C=O) groups excluding carboxylic acids is 2. The minimum atomic E-state index is -0.245. The fourth-order valence-corrected chi connectivity index (χ4v) is 3.47. The van der Waals surface area contributed by atoms with Crippen LogP contribution in [0.2, 0.25) is 0 Å². The third-order valence-corrected chi connectivity index (χ3v) is 5.04. The maximum atomic E-state index is 12.4. The number of halogens is 1. The molecule has 2 aromatic carbocycles. The lowest BCUT2D eigenvalue weighted by molar-refractivity contribution is -0.125. The van der Waals surface area contributed by atoms with Crippen LogP contribution in [0.5, 0.6) is 0 Å². The van der Waals surface area contributed by atoms with Crippen LogP contribution in [0.15, 0.2) is 55.0 Å². The second-order valence-corrected chi connectivity index (χ2v) is 6.79. The fraction of sp³-hybridized carbons (Fsp3) is 0.250. The quantitative estimate of drug-likeness (QED) is 0.708. The van der Waals surface area contributed by atoms with Crippen LogP contribution in [0.25, 0.3) is 10.8 Å². The Morgan fingerprint density at radius 2 is 1.89 bits per heavy atom. The number of nitrogens with zero attached hydrogens (tertiary/aromatic N) is 2. The van der Waals surface area contributed by atoms with Gasteiger partial charge in [0.25, 0.3) is 0 Å². The molecule has 1 aliphatic carbocycles. The number of aromatic nitrogens is 2. The standard InChI is InChI=1S/C20H20N4O2.ClH/c21-20(26)15-8-16(9-15)24-11-18(22-12-24)23-19(25)10-14-6-3-5-13-4-1-2-7-17(13)14;/h1-7,11-12,15-16H,8-10H2,(H2,21,26)(H,23,25);1H/t15-,16+;. The van der Waals surface area contributed by atoms with E-state index in [0.29, 0.717) is 12.2 Å². The van der Waals surface area contributed by atoms with E-state index in [0.717, 1.165) is 29.2 Å². The Morgan fingerprint density at radius 3 is 2.67 bits per heavy atom. The van der Waals surface area contributed by atoms with Gasteiger partial charge in [0.05, 0.1) is 12.7 Å². The van der Waals surface area contributed by atoms with Gasteiger partial charge in [0.2, 0.25) is 11.8 Å². The summed E-state index contributed by atoms with van der Waals surface area (Å²) in [5.41, 5.74) is 6.29. The van der Waals surface area contributed by atoms with Crippen LogP contribution in [-0.2, 0) is 16.0 Å². The van der Waals surface area contributed by atoms with Gasteiger partial charge in [-0.1, -0.05) is 42.5 Å². The van der Waals surface area contributed by atoms with E-state index in [1.807, 2.05) is 53.2 Å². The monoisotopic (exact) mass is 384 g/mol. The fourth-order valence-electron chi connectivity index (χ4n) is 3.47. The van der Waals surface area contributed by atoms with Gasteiger partial charge in [0.1, 0.15) is 0 Å². The third-order valence-electron chi connectivity index (χ3n) is 5.04. The lowest BCUT2D eigenvalue weighted by Gasteiger charge is -2.33. The van der Waals surface area contributed by atoms with Crippen LogP contribution >= 0.6 is 12.4 Å². The molecular formula is C20H21ClN4O2. The molecule has 0 bridgehead atoms. The Morgan fingerprint density at radius 1 is 1.15 bits per heavy atom. The number of anilines is 1. The van der Waals surface area contributed by atoms with Gasteiger partial charge in [0, 0.05) is 18.2 Å². The molecule has 0 radical (unpaired) electrons. The van der Waals surface area contributed by atoms with E-state index >= 15 is 0 Å². The maximum absolute atomic E-state index is 12.4. The van der Waals surface area contributed by atoms with Gasteiger partial charge in [0.15, 0.2) is 5.82 Å². The van der Waals surface area contributed by atoms with Crippen molar-refractivity contribution in [2.45, 2.75) is 25.3 Å². The predicted molar refractivity (Wildman–Crippen MR) is 107 cm³/mol. The van der Waals surface area contributed by atoms with Gasteiger partial charge in [-0.2, -0.15) is 0 Å². The van der Waals surface area contributed by atoms with E-state index in [1.54, 1.807) is 6.33 Å². The van der Waals surface area contributed by atoms with Crippen molar-refractivity contribution in [2.24, 2.45) is 11.7 Å². The Kier molecular flexibility index (Phi) is 5.46. The molecule has 1 aliphatic rings. The van der Waals surface area contributed by atoms with Gasteiger partial charge in [-0.3, -0.25) is 9.59 Å². The predicted octanol–water partition coefficient (Wildman–Crippen LogP) is 3.08. The Bertz CT molecular complexity index is 974. The van der Waals surface area contributed by atoms with E-state index in [4.69, 9.17) is 5.73 Å². The molecule has 0 atom stereocenters. The molecule has 0 spiro atoms. The molecule has 1 aromatic heterocycles. The van der Waals surface area contributed by atoms with E-state index in [1.165, 1.54) is 0 Å². The van der Waals surface area contributed by atoms with E-state index in [9.17, 15) is 9.59 Å². The van der Waals surface area contributed by atoms with Crippen LogP contribution in [0.4, 0.5) is 5.82 Å². The number of fused-ring (bicyclic) bond motifs is 1. The van der Waals surface area contributed by atoms with Crippen LogP contribution < -0.4 is 11.1 Å². The number of imidazole rings is 1. The third kappa shape index (κ3) is 3.95. The average molecular weight is 385 g/mol. The summed E-state index contributed by atoms with van der Waals surface area (Å²) in [7, 11) is 0. The molecule has 27 heavy (non-hydrogen) atoms. The second kappa shape index (κ2) is 7.80. The van der Waals surface area contributed by atoms with E-state index in [-0.39, 0.29) is 36.2 Å². The number of hydrogen-bond donors (Lipinski definition) is 2. The van der Waals surface area contributed by atoms with Crippen molar-refractivity contribution in [3.05, 3.63) is 60.6 Å². The molecule has 0 aliphatic heterocycles. The number of nitrogens with two attached hydrogens (primary N) is 1. The molecule has 0 unspecified atom stereocenters. The number of carbonyl (C=O) groups is 2. The summed E-state index contributed by atoms with van der Waals surface area (Å²) in [5, 5.41) is 5.06. The van der Waals surface area contributed by atoms with Gasteiger partial charge in [-0.25, -0.2) is 4.98 Å². The lowest BCUT2D eigenvalue weighted by Crippen LogP contribution is -2.36. The average Bonchev–Trinajstić information content (AvgIpc) is 3.01. The Labute approximate surface area is 163 Å². The van der Waals surface area contributed by atoms with Crippen molar-refractivity contribution in [2.75, 3.05) is 5.32 Å². The first-order valence-electron chi connectivity index (χ1n) is 8.69. The molecule has 1 fully saturated rings. The van der Waals surface area contributed by atoms with Crippen molar-refractivity contribution >= 4 is 40.8 Å². The highest BCUT2D eigenvalue weighted by molar-refractivity contribution is 5.95. The van der Waals surface area contributed by atoms with Gasteiger partial charge in [-0.05, 0) is 29.2 Å². The molecule has 1 saturated carbocycles. The SMILES string of the molecule is Cl.NC(=O)[C@H]1C[C@@H](n2cnc(NC(=O)Cc3cccc4ccccc34)c2)C1. The number of hydrogen-bond acceptors (Lipinski definition) is 3. The molecule has 6 nitrogen and oxygen atoms in total. The van der Waals surface area contributed by atoms with E-state index < -0.39 is 0 Å². The summed E-state index contributed by atoms with van der Waals surface area (Å²) in [4.78, 5) is 27.8. The van der Waals surface area contributed by atoms with Gasteiger partial charge < -0.3 is 15.6 Å². The highest BCUT2D eigenvalue weighted by atomic mass is 35.5. The lowest BCUT2D eigenvalue weighted by atomic mass is 9.80. The summed E-state index contributed by atoms with van der Waals surface area (Å²) in [5.74, 6) is 0.129. The van der Waals surface area contributed by atoms with Crippen LogP contribution in [-0.4, -0.2) is 21.4 Å². The zero-order chi connectivity index (χ0) is 18.1. The first kappa shape index (κ1) is 18.9. The minimum Gasteiger partial charge on any atom is -0.369 e. The molecule has 4 rings (SSSR count). The van der Waals surface area contributed by atoms with E-state index in [2.05, 4.69) is 10.3 Å². The van der Waals surface area contributed by atoms with Gasteiger partial charge in [-0.15, -0.1) is 12.4 Å². The zero-order valence-electron chi connectivity index (χ0n) is 14.7. The van der Waals surface area contributed by atoms with Crippen molar-refractivity contribution in [3.8, 4) is 0 Å². The van der Waals surface area contributed by atoms with Crippen LogP contribution in [0.1, 0.15) is 24.4 Å². The van der Waals surface area contributed by atoms with Gasteiger partial charge >= 0.3 is 0 Å². The number of rotatable bonds is 5. The molecule has 2 amide bonds. The summed E-state index contributed by atoms with van der Waals surface area (Å²) >= 11 is 0. The normalized spacial score (nSPS) is 18.4. The maximum Gasteiger partial charge on any atom is 0.230 e. The van der Waals surface area contributed by atoms with Crippen molar-refractivity contribution in [1.29, 1.82) is 0 Å². The Balaban J connectivity index is 0.00000210. The summed E-state index contributed by atoms with van der Waals surface area (Å²) < 4.78 is 1.94. The number of nitrogens with one attached hydrogen (secondary N) is 1. The number of benzene rings is 2. The van der Waals surface area contributed by atoms with Crippen molar-refractivity contribution in [1.82, 2.24) is 9.55 Å². The first-order valence-corrected chi connectivity index (χ1v) is 8.69. The summed E-state index contributed by atoms with van der Waals surface area (Å²) in [6.07, 6.45) is 5.25. The molecule has 7 heteroatoms. The number of primary amides is 1. The molecule has 140 valence electrons. The zero-order valence-corrected chi connectivity index (χ0v) is 15.5. The number of amides is 2. The molecule has 3 N–H and O–H groups in total. The summed E-state index contributed by atoms with van der Waals surface area (Å²) in [6, 6.07) is 14.2. The van der Waals surface area contributed by atoms with Crippen molar-refractivity contribution < 1.29 is 9.59 Å². The van der Waals surface area contributed by atoms with Crippen molar-refractivity contribution in [3.63, 3.8) is 0 Å². The smallest absolute Gasteiger partial charge is 0.230 e. The van der Waals surface area contributed by atoms with Crippen LogP contribution in [0.3, 0.4) is 0 Å². The second-order valence-electron chi connectivity index (χ2n) is 6.79. The molecule has 1 heterocycles. The molecule has 0 saturated heterocycles. The highest BCUT2D eigenvalue weighted by Gasteiger charge is 2.34. The molecule has 3 aromatic rings.